The van der Waals surface area contributed by atoms with Gasteiger partial charge in [0.15, 0.2) is 12.2 Å². The predicted octanol–water partition coefficient (Wildman–Crippen LogP) is 22.4. The van der Waals surface area contributed by atoms with E-state index in [-0.39, 0.29) is 25.7 Å². The van der Waals surface area contributed by atoms with Crippen LogP contribution in [0.1, 0.15) is 389 Å². The average molecular weight is 1410 g/mol. The Morgan fingerprint density at radius 3 is 0.740 bits per heavy atom. The number of esters is 4. The van der Waals surface area contributed by atoms with Crippen LogP contribution in [0.15, 0.2) is 0 Å². The van der Waals surface area contributed by atoms with Crippen LogP contribution in [0.25, 0.3) is 0 Å². The van der Waals surface area contributed by atoms with E-state index in [1.54, 1.807) is 0 Å². The second-order valence-electron chi connectivity index (χ2n) is 29.2. The van der Waals surface area contributed by atoms with Gasteiger partial charge in [0.25, 0.3) is 0 Å². The van der Waals surface area contributed by atoms with Gasteiger partial charge in [0.05, 0.1) is 26.4 Å². The van der Waals surface area contributed by atoms with Crippen LogP contribution in [0.3, 0.4) is 0 Å². The summed E-state index contributed by atoms with van der Waals surface area (Å²) < 4.78 is 68.5. The highest BCUT2D eigenvalue weighted by molar-refractivity contribution is 7.47. The van der Waals surface area contributed by atoms with Gasteiger partial charge in [-0.2, -0.15) is 0 Å². The Bertz CT molecular complexity index is 1890. The van der Waals surface area contributed by atoms with Crippen molar-refractivity contribution in [2.45, 2.75) is 408 Å². The molecule has 0 heterocycles. The molecule has 96 heavy (non-hydrogen) atoms. The number of phosphoric ester groups is 2. The summed E-state index contributed by atoms with van der Waals surface area (Å²) in [6.45, 7) is 14.2. The topological polar surface area (TPSA) is 237 Å². The predicted molar refractivity (Wildman–Crippen MR) is 391 cm³/mol. The van der Waals surface area contributed by atoms with Crippen molar-refractivity contribution in [2.75, 3.05) is 39.6 Å². The summed E-state index contributed by atoms with van der Waals surface area (Å²) in [6.07, 6.45) is 51.4. The molecule has 570 valence electrons. The minimum Gasteiger partial charge on any atom is -0.462 e. The maximum atomic E-state index is 13.1. The zero-order valence-corrected chi connectivity index (χ0v) is 64.8. The summed E-state index contributed by atoms with van der Waals surface area (Å²) in [4.78, 5) is 72.8. The lowest BCUT2D eigenvalue weighted by Crippen LogP contribution is -2.30. The van der Waals surface area contributed by atoms with E-state index in [0.717, 1.165) is 120 Å². The molecule has 0 aliphatic rings. The molecular formula is C77H150O17P2. The van der Waals surface area contributed by atoms with Crippen molar-refractivity contribution in [1.82, 2.24) is 0 Å². The fourth-order valence-corrected chi connectivity index (χ4v) is 13.2. The van der Waals surface area contributed by atoms with E-state index in [1.807, 2.05) is 0 Å². The van der Waals surface area contributed by atoms with Gasteiger partial charge in [-0.15, -0.1) is 0 Å². The molecule has 0 fully saturated rings. The van der Waals surface area contributed by atoms with E-state index in [2.05, 4.69) is 55.4 Å². The lowest BCUT2D eigenvalue weighted by molar-refractivity contribution is -0.161. The van der Waals surface area contributed by atoms with Gasteiger partial charge in [0, 0.05) is 25.7 Å². The van der Waals surface area contributed by atoms with Crippen molar-refractivity contribution in [1.29, 1.82) is 0 Å². The molecule has 4 unspecified atom stereocenters. The monoisotopic (exact) mass is 1410 g/mol. The summed E-state index contributed by atoms with van der Waals surface area (Å²) in [6, 6.07) is 0. The van der Waals surface area contributed by atoms with Crippen LogP contribution in [-0.4, -0.2) is 96.7 Å². The molecule has 0 aliphatic carbocycles. The SMILES string of the molecule is CCC(C)CCCCCCCCCCC(=O)O[C@H](COC(=O)CCCCCCCCC(C)CC)COP(=O)(O)OC[C@H](O)COP(=O)(O)OC[C@@H](COC(=O)CCCCCCCCCCCCC(C)C)OC(=O)CCCCCCCCCCCCCCCCCCCCC(C)C. The molecule has 0 aliphatic heterocycles. The first-order valence-corrected chi connectivity index (χ1v) is 42.8. The van der Waals surface area contributed by atoms with E-state index in [1.165, 1.54) is 186 Å². The Kier molecular flexibility index (Phi) is 65.0. The number of hydrogen-bond acceptors (Lipinski definition) is 15. The summed E-state index contributed by atoms with van der Waals surface area (Å²) in [5.41, 5.74) is 0. The first kappa shape index (κ1) is 94.1. The van der Waals surface area contributed by atoms with Crippen LogP contribution in [0.2, 0.25) is 0 Å². The normalized spacial score (nSPS) is 14.7. The van der Waals surface area contributed by atoms with Crippen LogP contribution in [0, 0.1) is 23.7 Å². The molecule has 0 rings (SSSR count). The third-order valence-corrected chi connectivity index (χ3v) is 20.4. The van der Waals surface area contributed by atoms with E-state index in [9.17, 15) is 43.2 Å². The molecule has 0 amide bonds. The lowest BCUT2D eigenvalue weighted by atomic mass is 9.99. The van der Waals surface area contributed by atoms with Gasteiger partial charge < -0.3 is 33.8 Å². The highest BCUT2D eigenvalue weighted by atomic mass is 31.2. The Morgan fingerprint density at radius 1 is 0.292 bits per heavy atom. The van der Waals surface area contributed by atoms with Crippen molar-refractivity contribution < 1.29 is 80.2 Å². The molecule has 17 nitrogen and oxygen atoms in total. The van der Waals surface area contributed by atoms with Crippen molar-refractivity contribution in [3.63, 3.8) is 0 Å². The van der Waals surface area contributed by atoms with Gasteiger partial charge in [0.2, 0.25) is 0 Å². The average Bonchev–Trinajstić information content (AvgIpc) is 1.91. The van der Waals surface area contributed by atoms with Crippen LogP contribution < -0.4 is 0 Å². The highest BCUT2D eigenvalue weighted by Crippen LogP contribution is 2.45. The van der Waals surface area contributed by atoms with Gasteiger partial charge >= 0.3 is 39.5 Å². The number of aliphatic hydroxyl groups is 1. The van der Waals surface area contributed by atoms with Gasteiger partial charge in [-0.1, -0.05) is 338 Å². The first-order valence-electron chi connectivity index (χ1n) is 39.8. The number of carbonyl (C=O) groups excluding carboxylic acids is 4. The fourth-order valence-electron chi connectivity index (χ4n) is 11.7. The van der Waals surface area contributed by atoms with E-state index in [0.29, 0.717) is 25.7 Å². The quantitative estimate of drug-likeness (QED) is 0.0222. The summed E-state index contributed by atoms with van der Waals surface area (Å²) in [5, 5.41) is 10.6. The fraction of sp³-hybridized carbons (Fsp3) is 0.948. The van der Waals surface area contributed by atoms with E-state index >= 15 is 0 Å². The highest BCUT2D eigenvalue weighted by Gasteiger charge is 2.30. The van der Waals surface area contributed by atoms with Crippen molar-refractivity contribution in [2.24, 2.45) is 23.7 Å². The molecule has 0 aromatic heterocycles. The minimum atomic E-state index is -4.96. The Hall–Kier alpha value is -1.94. The number of ether oxygens (including phenoxy) is 4. The second-order valence-corrected chi connectivity index (χ2v) is 32.1. The minimum absolute atomic E-state index is 0.104. The van der Waals surface area contributed by atoms with Gasteiger partial charge in [-0.3, -0.25) is 37.3 Å². The summed E-state index contributed by atoms with van der Waals surface area (Å²) in [5.74, 6) is 0.957. The zero-order valence-electron chi connectivity index (χ0n) is 63.0. The molecule has 3 N–H and O–H groups in total. The molecule has 0 aromatic rings. The van der Waals surface area contributed by atoms with Crippen LogP contribution in [0.4, 0.5) is 0 Å². The smallest absolute Gasteiger partial charge is 0.462 e. The van der Waals surface area contributed by atoms with Gasteiger partial charge in [-0.05, 0) is 49.4 Å². The van der Waals surface area contributed by atoms with Crippen molar-refractivity contribution >= 4 is 39.5 Å². The van der Waals surface area contributed by atoms with Gasteiger partial charge in [-0.25, -0.2) is 9.13 Å². The summed E-state index contributed by atoms with van der Waals surface area (Å²) >= 11 is 0. The molecule has 7 atom stereocenters. The number of carbonyl (C=O) groups is 4. The Balaban J connectivity index is 5.22. The molecular weight excluding hydrogens is 1260 g/mol. The molecule has 0 radical (unpaired) electrons. The maximum absolute atomic E-state index is 13.1. The number of phosphoric acid groups is 2. The molecule has 0 spiro atoms. The zero-order chi connectivity index (χ0) is 71.0. The Morgan fingerprint density at radius 2 is 0.500 bits per heavy atom. The number of aliphatic hydroxyl groups excluding tert-OH is 1. The second kappa shape index (κ2) is 66.3. The van der Waals surface area contributed by atoms with E-state index in [4.69, 9.17) is 37.0 Å². The lowest BCUT2D eigenvalue weighted by Gasteiger charge is -2.21. The van der Waals surface area contributed by atoms with Crippen LogP contribution >= 0.6 is 15.6 Å². The standard InChI is InChI=1S/C77H150O17P2/c1-9-69(7)55-47-39-31-27-28-34-44-52-60-77(82)94-73(64-88-75(80)58-50-42-36-35-40-48-56-70(8)10-2)66-92-96(85,86)90-62-71(78)61-89-95(83,84)91-65-72(63-87-74(79)57-49-41-32-25-22-21-24-30-38-46-54-68(5)6)93-76(81)59-51-43-33-26-20-18-16-14-12-11-13-15-17-19-23-29-37-45-53-67(3)4/h67-73,78H,9-66H2,1-8H3,(H,83,84)(H,85,86)/t69?,70?,71-,72-,73-/m1/s1. The van der Waals surface area contributed by atoms with Crippen molar-refractivity contribution in [3.8, 4) is 0 Å². The van der Waals surface area contributed by atoms with Crippen LogP contribution in [-0.2, 0) is 65.4 Å². The van der Waals surface area contributed by atoms with E-state index < -0.39 is 97.5 Å². The molecule has 0 aromatic carbocycles. The molecule has 0 saturated carbocycles. The molecule has 0 bridgehead atoms. The molecule has 19 heteroatoms. The molecule has 0 saturated heterocycles. The third kappa shape index (κ3) is 67.9. The van der Waals surface area contributed by atoms with Gasteiger partial charge in [0.1, 0.15) is 19.3 Å². The number of rotatable bonds is 74. The number of hydrogen-bond donors (Lipinski definition) is 3. The van der Waals surface area contributed by atoms with Crippen molar-refractivity contribution in [3.05, 3.63) is 0 Å². The Labute approximate surface area is 588 Å². The summed E-state index contributed by atoms with van der Waals surface area (Å²) in [7, 11) is -9.91. The van der Waals surface area contributed by atoms with Crippen LogP contribution in [0.5, 0.6) is 0 Å². The third-order valence-electron chi connectivity index (χ3n) is 18.5. The maximum Gasteiger partial charge on any atom is 0.472 e. The first-order chi connectivity index (χ1) is 46.2. The largest absolute Gasteiger partial charge is 0.472 e. The number of unbranched alkanes of at least 4 members (excludes halogenated alkanes) is 38.